The highest BCUT2D eigenvalue weighted by atomic mass is 16.5. The second kappa shape index (κ2) is 16.1. The summed E-state index contributed by atoms with van der Waals surface area (Å²) in [6, 6.07) is 49.8. The van der Waals surface area contributed by atoms with E-state index in [-0.39, 0.29) is 21.7 Å². The minimum absolute atomic E-state index is 0.0190. The molecule has 65 heavy (non-hydrogen) atoms. The van der Waals surface area contributed by atoms with Gasteiger partial charge >= 0.3 is 0 Å². The lowest BCUT2D eigenvalue weighted by molar-refractivity contribution is 0.478. The molecule has 0 atom stereocenters. The molecule has 3 heterocycles. The van der Waals surface area contributed by atoms with Crippen molar-refractivity contribution in [3.05, 3.63) is 180 Å². The van der Waals surface area contributed by atoms with E-state index >= 15 is 0 Å². The fourth-order valence-electron chi connectivity index (χ4n) is 9.08. The highest BCUT2D eigenvalue weighted by Gasteiger charge is 2.30. The first-order valence-electron chi connectivity index (χ1n) is 23.0. The van der Waals surface area contributed by atoms with Gasteiger partial charge in [-0.2, -0.15) is 5.10 Å². The van der Waals surface area contributed by atoms with E-state index < -0.39 is 0 Å². The standard InChI is InChI=1S/C60H62N4O/c1-57(2,3)42-31-44(63-38-41(37-62-63)56-51(59(7,8)9)33-43(58(4,5)6)34-52(56)60(10,11)12)35-46(32-42)65-45-26-27-50-49-24-18-19-25-53(49)64(54(50)36-45)55-30-40(28-29-61-55)48-23-17-16-22-47(48)39-20-14-13-15-21-39/h13-38H,1-12H3. The van der Waals surface area contributed by atoms with Crippen molar-refractivity contribution in [2.75, 3.05) is 0 Å². The van der Waals surface area contributed by atoms with E-state index in [1.807, 2.05) is 17.1 Å². The first-order valence-corrected chi connectivity index (χ1v) is 23.0. The van der Waals surface area contributed by atoms with Crippen molar-refractivity contribution >= 4 is 21.8 Å². The smallest absolute Gasteiger partial charge is 0.138 e. The molecule has 6 aromatic carbocycles. The second-order valence-corrected chi connectivity index (χ2v) is 21.8. The maximum Gasteiger partial charge on any atom is 0.138 e. The third-order valence-corrected chi connectivity index (χ3v) is 12.7. The van der Waals surface area contributed by atoms with Gasteiger partial charge in [0, 0.05) is 40.9 Å². The molecule has 328 valence electrons. The van der Waals surface area contributed by atoms with E-state index in [1.54, 1.807) is 0 Å². The molecule has 0 saturated heterocycles. The van der Waals surface area contributed by atoms with Crippen molar-refractivity contribution in [1.82, 2.24) is 19.3 Å². The van der Waals surface area contributed by atoms with Crippen molar-refractivity contribution in [3.8, 4) is 56.4 Å². The topological polar surface area (TPSA) is 44.9 Å². The summed E-state index contributed by atoms with van der Waals surface area (Å²) in [5, 5.41) is 7.36. The quantitative estimate of drug-likeness (QED) is 0.160. The number of rotatable bonds is 7. The SMILES string of the molecule is CC(C)(C)c1cc(Oc2ccc3c4ccccc4n(-c4cc(-c5ccccc5-c5ccccc5)ccn4)c3c2)cc(-n2cc(-c3c(C(C)(C)C)cc(C(C)(C)C)cc3C(C)(C)C)cn2)c1. The highest BCUT2D eigenvalue weighted by Crippen LogP contribution is 2.44. The molecule has 0 aliphatic heterocycles. The zero-order valence-electron chi connectivity index (χ0n) is 40.2. The molecule has 0 bridgehead atoms. The van der Waals surface area contributed by atoms with Gasteiger partial charge in [-0.1, -0.05) is 168 Å². The molecule has 0 amide bonds. The van der Waals surface area contributed by atoms with Crippen LogP contribution in [0.1, 0.15) is 105 Å². The molecule has 9 aromatic rings. The fourth-order valence-corrected chi connectivity index (χ4v) is 9.08. The van der Waals surface area contributed by atoms with Crippen molar-refractivity contribution in [3.63, 3.8) is 0 Å². The van der Waals surface area contributed by atoms with Gasteiger partial charge in [0.25, 0.3) is 0 Å². The molecular formula is C60H62N4O. The molecule has 0 spiro atoms. The van der Waals surface area contributed by atoms with Crippen LogP contribution >= 0.6 is 0 Å². The van der Waals surface area contributed by atoms with Crippen molar-refractivity contribution < 1.29 is 4.74 Å². The van der Waals surface area contributed by atoms with E-state index in [0.29, 0.717) is 0 Å². The number of hydrogen-bond donors (Lipinski definition) is 0. The number of pyridine rings is 1. The van der Waals surface area contributed by atoms with Gasteiger partial charge in [0.1, 0.15) is 17.3 Å². The van der Waals surface area contributed by atoms with E-state index in [4.69, 9.17) is 14.8 Å². The van der Waals surface area contributed by atoms with E-state index in [1.165, 1.54) is 33.4 Å². The van der Waals surface area contributed by atoms with Gasteiger partial charge < -0.3 is 4.74 Å². The first-order chi connectivity index (χ1) is 30.7. The molecule has 0 fully saturated rings. The van der Waals surface area contributed by atoms with Gasteiger partial charge in [-0.05, 0) is 114 Å². The largest absolute Gasteiger partial charge is 0.457 e. The molecule has 5 nitrogen and oxygen atoms in total. The molecule has 0 radical (unpaired) electrons. The Hall–Kier alpha value is -6.72. The van der Waals surface area contributed by atoms with Gasteiger partial charge in [-0.3, -0.25) is 4.57 Å². The summed E-state index contributed by atoms with van der Waals surface area (Å²) in [7, 11) is 0. The first kappa shape index (κ1) is 43.5. The fraction of sp³-hybridized carbons (Fsp3) is 0.267. The van der Waals surface area contributed by atoms with Crippen LogP contribution in [0, 0.1) is 0 Å². The summed E-state index contributed by atoms with van der Waals surface area (Å²) in [6.45, 7) is 27.6. The molecule has 0 aliphatic carbocycles. The maximum atomic E-state index is 6.92. The second-order valence-electron chi connectivity index (χ2n) is 21.8. The van der Waals surface area contributed by atoms with Gasteiger partial charge in [0.15, 0.2) is 0 Å². The molecule has 9 rings (SSSR count). The van der Waals surface area contributed by atoms with Crippen LogP contribution in [0.25, 0.3) is 66.7 Å². The third kappa shape index (κ3) is 8.53. The maximum absolute atomic E-state index is 6.92. The Labute approximate surface area is 385 Å². The zero-order chi connectivity index (χ0) is 46.1. The summed E-state index contributed by atoms with van der Waals surface area (Å²) in [5.74, 6) is 2.34. The van der Waals surface area contributed by atoms with Crippen LogP contribution in [0.2, 0.25) is 0 Å². The van der Waals surface area contributed by atoms with Crippen LogP contribution in [0.4, 0.5) is 0 Å². The molecule has 0 saturated carbocycles. The van der Waals surface area contributed by atoms with Crippen LogP contribution < -0.4 is 4.74 Å². The monoisotopic (exact) mass is 854 g/mol. The lowest BCUT2D eigenvalue weighted by Gasteiger charge is -2.33. The molecular weight excluding hydrogens is 793 g/mol. The Bertz CT molecular complexity index is 3170. The summed E-state index contributed by atoms with van der Waals surface area (Å²) < 4.78 is 11.2. The van der Waals surface area contributed by atoms with Crippen LogP contribution in [0.5, 0.6) is 11.5 Å². The Balaban J connectivity index is 1.13. The van der Waals surface area contributed by atoms with Crippen molar-refractivity contribution in [2.24, 2.45) is 0 Å². The lowest BCUT2D eigenvalue weighted by atomic mass is 9.71. The zero-order valence-corrected chi connectivity index (χ0v) is 40.2. The Kier molecular flexibility index (Phi) is 10.8. The van der Waals surface area contributed by atoms with Crippen LogP contribution in [-0.2, 0) is 21.7 Å². The lowest BCUT2D eigenvalue weighted by Crippen LogP contribution is -2.22. The molecule has 0 unspecified atom stereocenters. The summed E-state index contributed by atoms with van der Waals surface area (Å²) in [5.41, 5.74) is 15.0. The minimum atomic E-state index is -0.141. The average Bonchev–Trinajstić information content (AvgIpc) is 3.88. The molecule has 0 aliphatic rings. The number of fused-ring (bicyclic) bond motifs is 3. The average molecular weight is 855 g/mol. The minimum Gasteiger partial charge on any atom is -0.457 e. The van der Waals surface area contributed by atoms with Gasteiger partial charge in [-0.25, -0.2) is 9.67 Å². The Morgan fingerprint density at radius 3 is 1.72 bits per heavy atom. The van der Waals surface area contributed by atoms with Crippen LogP contribution in [0.15, 0.2) is 158 Å². The number of ether oxygens (including phenoxy) is 1. The van der Waals surface area contributed by atoms with Crippen molar-refractivity contribution in [2.45, 2.75) is 105 Å². The number of benzene rings is 6. The Morgan fingerprint density at radius 2 is 1.06 bits per heavy atom. The molecule has 3 aromatic heterocycles. The summed E-state index contributed by atoms with van der Waals surface area (Å²) >= 11 is 0. The molecule has 0 N–H and O–H groups in total. The summed E-state index contributed by atoms with van der Waals surface area (Å²) in [4.78, 5) is 5.00. The molecule has 5 heteroatoms. The van der Waals surface area contributed by atoms with Gasteiger partial charge in [0.05, 0.1) is 22.9 Å². The van der Waals surface area contributed by atoms with Crippen LogP contribution in [0.3, 0.4) is 0 Å². The Morgan fingerprint density at radius 1 is 0.462 bits per heavy atom. The van der Waals surface area contributed by atoms with Crippen LogP contribution in [-0.4, -0.2) is 19.3 Å². The van der Waals surface area contributed by atoms with Gasteiger partial charge in [-0.15, -0.1) is 0 Å². The van der Waals surface area contributed by atoms with E-state index in [2.05, 4.69) is 233 Å². The van der Waals surface area contributed by atoms with Gasteiger partial charge in [0.2, 0.25) is 0 Å². The number of hydrogen-bond acceptors (Lipinski definition) is 3. The third-order valence-electron chi connectivity index (χ3n) is 12.7. The highest BCUT2D eigenvalue weighted by molar-refractivity contribution is 6.09. The number of para-hydroxylation sites is 1. The van der Waals surface area contributed by atoms with E-state index in [9.17, 15) is 0 Å². The predicted molar refractivity (Wildman–Crippen MR) is 273 cm³/mol. The number of nitrogens with zero attached hydrogens (tertiary/aromatic N) is 4. The number of aromatic nitrogens is 4. The van der Waals surface area contributed by atoms with E-state index in [0.717, 1.165) is 67.1 Å². The normalized spacial score (nSPS) is 12.6. The summed E-state index contributed by atoms with van der Waals surface area (Å²) in [6.07, 6.45) is 6.16. The van der Waals surface area contributed by atoms with Crippen molar-refractivity contribution in [1.29, 1.82) is 0 Å². The predicted octanol–water partition coefficient (Wildman–Crippen LogP) is 16.3.